The van der Waals surface area contributed by atoms with Gasteiger partial charge < -0.3 is 14.5 Å². The number of piperazine rings is 1. The van der Waals surface area contributed by atoms with Gasteiger partial charge in [-0.15, -0.1) is 0 Å². The first-order chi connectivity index (χ1) is 12.7. The minimum Gasteiger partial charge on any atom is -0.449 e. The summed E-state index contributed by atoms with van der Waals surface area (Å²) in [6.45, 7) is 6.00. The summed E-state index contributed by atoms with van der Waals surface area (Å²) in [5.41, 5.74) is -0.0830. The van der Waals surface area contributed by atoms with E-state index in [4.69, 9.17) is 4.74 Å². The Hall–Kier alpha value is -2.42. The first kappa shape index (κ1) is 20.9. The van der Waals surface area contributed by atoms with Crippen molar-refractivity contribution in [3.8, 4) is 0 Å². The van der Waals surface area contributed by atoms with E-state index in [1.807, 2.05) is 0 Å². The fraction of sp³-hybridized carbons (Fsp3) is 0.500. The maximum atomic E-state index is 12.5. The number of carbonyl (C=O) groups is 3. The van der Waals surface area contributed by atoms with E-state index < -0.39 is 21.9 Å². The Labute approximate surface area is 159 Å². The molecule has 9 heteroatoms. The SMILES string of the molecule is CCS(=O)(=O)c1ccccc1C(=O)OC(C)C(=O)N1CCN(C(C)=O)CC1. The molecule has 27 heavy (non-hydrogen) atoms. The molecule has 0 saturated carbocycles. The number of ether oxygens (including phenoxy) is 1. The van der Waals surface area contributed by atoms with E-state index >= 15 is 0 Å². The Morgan fingerprint density at radius 2 is 1.63 bits per heavy atom. The summed E-state index contributed by atoms with van der Waals surface area (Å²) in [5, 5.41) is 0. The van der Waals surface area contributed by atoms with E-state index in [9.17, 15) is 22.8 Å². The maximum Gasteiger partial charge on any atom is 0.340 e. The minimum absolute atomic E-state index is 0.0460. The molecule has 1 fully saturated rings. The van der Waals surface area contributed by atoms with Crippen molar-refractivity contribution in [3.63, 3.8) is 0 Å². The van der Waals surface area contributed by atoms with Crippen LogP contribution in [0.1, 0.15) is 31.1 Å². The number of nitrogens with zero attached hydrogens (tertiary/aromatic N) is 2. The third-order valence-corrected chi connectivity index (χ3v) is 6.28. The number of hydrogen-bond donors (Lipinski definition) is 0. The van der Waals surface area contributed by atoms with Crippen LogP contribution in [0, 0.1) is 0 Å². The molecule has 1 heterocycles. The van der Waals surface area contributed by atoms with Gasteiger partial charge in [-0.05, 0) is 19.1 Å². The molecule has 0 N–H and O–H groups in total. The Bertz CT molecular complexity index is 828. The van der Waals surface area contributed by atoms with Crippen molar-refractivity contribution in [2.45, 2.75) is 31.8 Å². The molecule has 1 aliphatic rings. The summed E-state index contributed by atoms with van der Waals surface area (Å²) in [7, 11) is -3.60. The fourth-order valence-electron chi connectivity index (χ4n) is 2.84. The first-order valence-corrected chi connectivity index (χ1v) is 10.4. The van der Waals surface area contributed by atoms with Crippen molar-refractivity contribution in [1.29, 1.82) is 0 Å². The number of esters is 1. The van der Waals surface area contributed by atoms with Crippen LogP contribution in [-0.4, -0.2) is 74.0 Å². The van der Waals surface area contributed by atoms with Gasteiger partial charge in [-0.1, -0.05) is 19.1 Å². The van der Waals surface area contributed by atoms with Gasteiger partial charge in [0.15, 0.2) is 15.9 Å². The van der Waals surface area contributed by atoms with Crippen molar-refractivity contribution < 1.29 is 27.5 Å². The number of rotatable bonds is 5. The van der Waals surface area contributed by atoms with E-state index in [2.05, 4.69) is 0 Å². The highest BCUT2D eigenvalue weighted by molar-refractivity contribution is 7.91. The number of hydrogen-bond acceptors (Lipinski definition) is 6. The predicted octanol–water partition coefficient (Wildman–Crippen LogP) is 0.716. The van der Waals surface area contributed by atoms with Gasteiger partial charge in [0.05, 0.1) is 16.2 Å². The van der Waals surface area contributed by atoms with E-state index in [0.717, 1.165) is 0 Å². The van der Waals surface area contributed by atoms with Crippen LogP contribution in [0.25, 0.3) is 0 Å². The molecule has 1 unspecified atom stereocenters. The largest absolute Gasteiger partial charge is 0.449 e. The van der Waals surface area contributed by atoms with Crippen LogP contribution in [0.2, 0.25) is 0 Å². The summed E-state index contributed by atoms with van der Waals surface area (Å²) in [4.78, 5) is 39.4. The Morgan fingerprint density at radius 3 is 2.19 bits per heavy atom. The van der Waals surface area contributed by atoms with Crippen LogP contribution >= 0.6 is 0 Å². The normalized spacial score (nSPS) is 16.0. The summed E-state index contributed by atoms with van der Waals surface area (Å²) >= 11 is 0. The van der Waals surface area contributed by atoms with Crippen molar-refractivity contribution >= 4 is 27.6 Å². The van der Waals surface area contributed by atoms with E-state index in [1.54, 1.807) is 11.0 Å². The van der Waals surface area contributed by atoms with Gasteiger partial charge in [0, 0.05) is 33.1 Å². The highest BCUT2D eigenvalue weighted by atomic mass is 32.2. The predicted molar refractivity (Wildman–Crippen MR) is 97.9 cm³/mol. The number of amides is 2. The standard InChI is InChI=1S/C18H24N2O6S/c1-4-27(24,25)16-8-6-5-7-15(16)18(23)26-13(2)17(22)20-11-9-19(10-12-20)14(3)21/h5-8,13H,4,9-12H2,1-3H3. The zero-order valence-corrected chi connectivity index (χ0v) is 16.5. The van der Waals surface area contributed by atoms with Crippen LogP contribution in [0.3, 0.4) is 0 Å². The quantitative estimate of drug-likeness (QED) is 0.680. The number of sulfone groups is 1. The van der Waals surface area contributed by atoms with Crippen molar-refractivity contribution in [2.24, 2.45) is 0 Å². The van der Waals surface area contributed by atoms with Crippen molar-refractivity contribution in [1.82, 2.24) is 9.80 Å². The molecule has 8 nitrogen and oxygen atoms in total. The van der Waals surface area contributed by atoms with Crippen LogP contribution < -0.4 is 0 Å². The van der Waals surface area contributed by atoms with Gasteiger partial charge >= 0.3 is 5.97 Å². The van der Waals surface area contributed by atoms with E-state index in [1.165, 1.54) is 43.9 Å². The van der Waals surface area contributed by atoms with Gasteiger partial charge in [-0.25, -0.2) is 13.2 Å². The summed E-state index contributed by atoms with van der Waals surface area (Å²) in [6.07, 6.45) is -1.06. The summed E-state index contributed by atoms with van der Waals surface area (Å²) in [6, 6.07) is 5.79. The van der Waals surface area contributed by atoms with E-state index in [0.29, 0.717) is 26.2 Å². The Balaban J connectivity index is 2.06. The highest BCUT2D eigenvalue weighted by Gasteiger charge is 2.29. The number of carbonyl (C=O) groups excluding carboxylic acids is 3. The lowest BCUT2D eigenvalue weighted by Gasteiger charge is -2.35. The molecule has 0 radical (unpaired) electrons. The average molecular weight is 396 g/mol. The Morgan fingerprint density at radius 1 is 1.07 bits per heavy atom. The van der Waals surface area contributed by atoms with Crippen LogP contribution in [0.5, 0.6) is 0 Å². The minimum atomic E-state index is -3.60. The topological polar surface area (TPSA) is 101 Å². The number of benzene rings is 1. The van der Waals surface area contributed by atoms with Crippen molar-refractivity contribution in [2.75, 3.05) is 31.9 Å². The molecule has 1 saturated heterocycles. The molecule has 1 aromatic rings. The molecule has 0 spiro atoms. The Kier molecular flexibility index (Phi) is 6.59. The molecule has 148 valence electrons. The molecule has 0 aromatic heterocycles. The second kappa shape index (κ2) is 8.51. The lowest BCUT2D eigenvalue weighted by molar-refractivity contribution is -0.144. The summed E-state index contributed by atoms with van der Waals surface area (Å²) < 4.78 is 29.6. The molecular formula is C18H24N2O6S. The third-order valence-electron chi connectivity index (χ3n) is 4.49. The molecule has 2 rings (SSSR count). The molecule has 0 bridgehead atoms. The average Bonchev–Trinajstić information content (AvgIpc) is 2.67. The van der Waals surface area contributed by atoms with Crippen LogP contribution in [-0.2, 0) is 24.2 Å². The third kappa shape index (κ3) is 4.85. The monoisotopic (exact) mass is 396 g/mol. The van der Waals surface area contributed by atoms with Gasteiger partial charge in [0.1, 0.15) is 0 Å². The van der Waals surface area contributed by atoms with Crippen LogP contribution in [0.4, 0.5) is 0 Å². The highest BCUT2D eigenvalue weighted by Crippen LogP contribution is 2.19. The zero-order chi connectivity index (χ0) is 20.2. The first-order valence-electron chi connectivity index (χ1n) is 8.74. The zero-order valence-electron chi connectivity index (χ0n) is 15.7. The van der Waals surface area contributed by atoms with Gasteiger partial charge in [-0.2, -0.15) is 0 Å². The second-order valence-electron chi connectivity index (χ2n) is 6.28. The molecular weight excluding hydrogens is 372 g/mol. The lowest BCUT2D eigenvalue weighted by atomic mass is 10.2. The summed E-state index contributed by atoms with van der Waals surface area (Å²) in [5.74, 6) is -1.42. The van der Waals surface area contributed by atoms with Crippen molar-refractivity contribution in [3.05, 3.63) is 29.8 Å². The van der Waals surface area contributed by atoms with Gasteiger partial charge in [-0.3, -0.25) is 9.59 Å². The molecule has 2 amide bonds. The lowest BCUT2D eigenvalue weighted by Crippen LogP contribution is -2.52. The molecule has 1 atom stereocenters. The maximum absolute atomic E-state index is 12.5. The van der Waals surface area contributed by atoms with Gasteiger partial charge in [0.25, 0.3) is 5.91 Å². The van der Waals surface area contributed by atoms with E-state index in [-0.39, 0.29) is 28.0 Å². The molecule has 1 aromatic carbocycles. The second-order valence-corrected chi connectivity index (χ2v) is 8.53. The fourth-order valence-corrected chi connectivity index (χ4v) is 3.92. The molecule has 0 aliphatic carbocycles. The van der Waals surface area contributed by atoms with Crippen LogP contribution in [0.15, 0.2) is 29.2 Å². The molecule has 1 aliphatic heterocycles. The smallest absolute Gasteiger partial charge is 0.340 e. The van der Waals surface area contributed by atoms with Gasteiger partial charge in [0.2, 0.25) is 5.91 Å².